The Balaban J connectivity index is 1.34. The minimum absolute atomic E-state index is 0.0562. The van der Waals surface area contributed by atoms with Crippen LogP contribution in [0.3, 0.4) is 0 Å². The lowest BCUT2D eigenvalue weighted by atomic mass is 9.80. The highest BCUT2D eigenvalue weighted by molar-refractivity contribution is 6.63. The maximum Gasteiger partial charge on any atom is 0.317 e. The summed E-state index contributed by atoms with van der Waals surface area (Å²) in [5.74, 6) is -1.71. The van der Waals surface area contributed by atoms with E-state index in [-0.39, 0.29) is 28.8 Å². The van der Waals surface area contributed by atoms with Crippen molar-refractivity contribution in [1.29, 1.82) is 0 Å². The number of fused-ring (bicyclic) bond motifs is 1. The van der Waals surface area contributed by atoms with Crippen molar-refractivity contribution in [3.05, 3.63) is 99.1 Å². The highest BCUT2D eigenvalue weighted by Crippen LogP contribution is 2.47. The lowest BCUT2D eigenvalue weighted by Gasteiger charge is -2.28. The normalized spacial score (nSPS) is 18.4. The zero-order valence-electron chi connectivity index (χ0n) is 34.9. The van der Waals surface area contributed by atoms with E-state index in [4.69, 9.17) is 14.5 Å². The Kier molecular flexibility index (Phi) is 11.6. The average Bonchev–Trinajstić information content (AvgIpc) is 3.88. The summed E-state index contributed by atoms with van der Waals surface area (Å²) in [5.41, 5.74) is 5.66. The standard InChI is InChI=1S/C49H56N2O7/c1-7-48(8-2,9-3)46(55)57-35-27-19-17-25-33(35)39-29-21-13-15-23-31(29)41(50-39)37-43(52)38(45(54)44(37)53)42-32-24-16-14-22-30(32)40(51-42)34-26-18-20-28-36(34)58-47(56)49(10-4,11-5)12-6/h17-20,25-28,50,52H,7-16,21-24H2,1-6H3/b42-38+. The molecule has 58 heavy (non-hydrogen) atoms. The topological polar surface area (TPSA) is 135 Å². The molecule has 0 fully saturated rings. The quantitative estimate of drug-likeness (QED) is 0.0762. The molecule has 304 valence electrons. The molecule has 0 saturated carbocycles. The fourth-order valence-corrected chi connectivity index (χ4v) is 9.60. The molecule has 7 rings (SSSR count). The van der Waals surface area contributed by atoms with Gasteiger partial charge in [0.2, 0.25) is 11.6 Å². The SMILES string of the molecule is CCC(CC)(CC)C(=O)Oc1ccccc1C1=N/C(=C2/C(=O)C(=O)C(c3[nH]c(-c4ccccc4OC(=O)C(CC)(CC)CC)c4c3CCCC4)=C2O)C2=C1CCCC2. The number of aliphatic hydroxyl groups is 1. The summed E-state index contributed by atoms with van der Waals surface area (Å²) in [6.07, 6.45) is 10.2. The van der Waals surface area contributed by atoms with Crippen LogP contribution in [0.4, 0.5) is 0 Å². The van der Waals surface area contributed by atoms with Crippen molar-refractivity contribution in [2.45, 2.75) is 131 Å². The molecule has 0 atom stereocenters. The number of hydrogen-bond donors (Lipinski definition) is 2. The highest BCUT2D eigenvalue weighted by Gasteiger charge is 2.45. The molecular weight excluding hydrogens is 729 g/mol. The molecule has 9 nitrogen and oxygen atoms in total. The lowest BCUT2D eigenvalue weighted by molar-refractivity contribution is -0.147. The molecule has 2 heterocycles. The van der Waals surface area contributed by atoms with Crippen LogP contribution < -0.4 is 9.47 Å². The van der Waals surface area contributed by atoms with Crippen molar-refractivity contribution in [3.63, 3.8) is 0 Å². The summed E-state index contributed by atoms with van der Waals surface area (Å²) < 4.78 is 12.3. The number of aliphatic hydroxyl groups excluding tert-OH is 1. The van der Waals surface area contributed by atoms with Crippen molar-refractivity contribution >= 4 is 34.8 Å². The number of esters is 2. The summed E-state index contributed by atoms with van der Waals surface area (Å²) in [7, 11) is 0. The Morgan fingerprint density at radius 3 is 1.62 bits per heavy atom. The number of benzene rings is 2. The van der Waals surface area contributed by atoms with Crippen LogP contribution in [0, 0.1) is 10.8 Å². The van der Waals surface area contributed by atoms with Gasteiger partial charge in [0.15, 0.2) is 0 Å². The predicted octanol–water partition coefficient (Wildman–Crippen LogP) is 10.9. The minimum atomic E-state index is -0.798. The second kappa shape index (κ2) is 16.5. The monoisotopic (exact) mass is 784 g/mol. The van der Waals surface area contributed by atoms with E-state index in [0.717, 1.165) is 54.4 Å². The molecule has 0 unspecified atom stereocenters. The Morgan fingerprint density at radius 2 is 1.07 bits per heavy atom. The Bertz CT molecular complexity index is 2290. The molecule has 0 radical (unpaired) electrons. The van der Waals surface area contributed by atoms with Crippen LogP contribution in [0.25, 0.3) is 16.8 Å². The first-order chi connectivity index (χ1) is 28.0. The first-order valence-corrected chi connectivity index (χ1v) is 21.5. The number of aromatic nitrogens is 1. The van der Waals surface area contributed by atoms with Crippen LogP contribution >= 0.6 is 0 Å². The molecule has 1 aromatic heterocycles. The second-order valence-electron chi connectivity index (χ2n) is 16.2. The van der Waals surface area contributed by atoms with Gasteiger partial charge in [0, 0.05) is 11.1 Å². The van der Waals surface area contributed by atoms with Crippen molar-refractivity contribution in [1.82, 2.24) is 4.98 Å². The van der Waals surface area contributed by atoms with Crippen LogP contribution in [-0.2, 0) is 32.0 Å². The Labute approximate surface area is 341 Å². The summed E-state index contributed by atoms with van der Waals surface area (Å²) in [6.45, 7) is 12.0. The second-order valence-corrected chi connectivity index (χ2v) is 16.2. The number of aliphatic imine (C=N–C) groups is 1. The fraction of sp³-hybridized carbons (Fsp3) is 0.449. The zero-order chi connectivity index (χ0) is 41.4. The number of para-hydroxylation sites is 2. The number of hydrogen-bond acceptors (Lipinski definition) is 8. The molecule has 0 amide bonds. The van der Waals surface area contributed by atoms with Gasteiger partial charge in [0.25, 0.3) is 0 Å². The predicted molar refractivity (Wildman–Crippen MR) is 226 cm³/mol. The number of nitrogens with one attached hydrogen (secondary N) is 1. The number of aromatic amines is 1. The van der Waals surface area contributed by atoms with Crippen LogP contribution in [-0.4, -0.2) is 39.3 Å². The van der Waals surface area contributed by atoms with Gasteiger partial charge in [-0.2, -0.15) is 0 Å². The molecular formula is C49H56N2O7. The molecule has 0 saturated heterocycles. The Morgan fingerprint density at radius 1 is 0.621 bits per heavy atom. The third kappa shape index (κ3) is 6.70. The zero-order valence-corrected chi connectivity index (χ0v) is 34.9. The first kappa shape index (κ1) is 40.9. The van der Waals surface area contributed by atoms with E-state index in [9.17, 15) is 24.3 Å². The number of carbonyl (C=O) groups is 4. The molecule has 9 heteroatoms. The number of nitrogens with zero attached hydrogens (tertiary/aromatic N) is 1. The van der Waals surface area contributed by atoms with E-state index in [0.29, 0.717) is 103 Å². The van der Waals surface area contributed by atoms with Gasteiger partial charge in [0.05, 0.1) is 44.8 Å². The molecule has 3 aliphatic carbocycles. The highest BCUT2D eigenvalue weighted by atomic mass is 16.5. The van der Waals surface area contributed by atoms with E-state index in [1.807, 2.05) is 77.9 Å². The lowest BCUT2D eigenvalue weighted by Crippen LogP contribution is -2.33. The summed E-state index contributed by atoms with van der Waals surface area (Å²) >= 11 is 0. The van der Waals surface area contributed by atoms with Gasteiger partial charge >= 0.3 is 11.9 Å². The van der Waals surface area contributed by atoms with Gasteiger partial charge in [-0.25, -0.2) is 4.99 Å². The van der Waals surface area contributed by atoms with Crippen LogP contribution in [0.5, 0.6) is 11.5 Å². The van der Waals surface area contributed by atoms with Crippen molar-refractivity contribution < 1.29 is 33.8 Å². The molecule has 2 aromatic carbocycles. The van der Waals surface area contributed by atoms with Crippen LogP contribution in [0.15, 0.2) is 81.7 Å². The van der Waals surface area contributed by atoms with Gasteiger partial charge in [-0.1, -0.05) is 65.8 Å². The first-order valence-electron chi connectivity index (χ1n) is 21.5. The molecule has 0 bridgehead atoms. The van der Waals surface area contributed by atoms with Crippen LogP contribution in [0.2, 0.25) is 0 Å². The number of H-pyrrole nitrogens is 1. The summed E-state index contributed by atoms with van der Waals surface area (Å²) in [5, 5.41) is 12.2. The van der Waals surface area contributed by atoms with E-state index in [1.54, 1.807) is 12.1 Å². The maximum absolute atomic E-state index is 14.2. The van der Waals surface area contributed by atoms with Crippen molar-refractivity contribution in [2.24, 2.45) is 15.8 Å². The van der Waals surface area contributed by atoms with Crippen LogP contribution in [0.1, 0.15) is 141 Å². The van der Waals surface area contributed by atoms with E-state index in [1.165, 1.54) is 0 Å². The van der Waals surface area contributed by atoms with Gasteiger partial charge in [-0.15, -0.1) is 0 Å². The summed E-state index contributed by atoms with van der Waals surface area (Å²) in [4.78, 5) is 64.2. The van der Waals surface area contributed by atoms with Gasteiger partial charge < -0.3 is 19.6 Å². The molecule has 0 spiro atoms. The third-order valence-corrected chi connectivity index (χ3v) is 13.8. The fourth-order valence-electron chi connectivity index (χ4n) is 9.60. The molecule has 1 aliphatic heterocycles. The number of Topliss-reactive ketones (excluding diaryl/α,β-unsaturated/α-hetero) is 2. The maximum atomic E-state index is 14.2. The Hall–Kier alpha value is -5.31. The van der Waals surface area contributed by atoms with Gasteiger partial charge in [-0.3, -0.25) is 19.2 Å². The number of ether oxygens (including phenoxy) is 2. The summed E-state index contributed by atoms with van der Waals surface area (Å²) in [6, 6.07) is 14.7. The van der Waals surface area contributed by atoms with Crippen molar-refractivity contribution in [3.8, 4) is 22.8 Å². The third-order valence-electron chi connectivity index (χ3n) is 13.8. The smallest absolute Gasteiger partial charge is 0.317 e. The number of ketones is 2. The van der Waals surface area contributed by atoms with Gasteiger partial charge in [-0.05, 0) is 136 Å². The minimum Gasteiger partial charge on any atom is -0.506 e. The molecule has 3 aromatic rings. The van der Waals surface area contributed by atoms with E-state index < -0.39 is 22.4 Å². The van der Waals surface area contributed by atoms with E-state index >= 15 is 0 Å². The van der Waals surface area contributed by atoms with Crippen molar-refractivity contribution in [2.75, 3.05) is 0 Å². The van der Waals surface area contributed by atoms with E-state index in [2.05, 4.69) is 4.98 Å². The number of allylic oxidation sites excluding steroid dienone is 4. The average molecular weight is 785 g/mol. The molecule has 2 N–H and O–H groups in total. The number of rotatable bonds is 13. The molecule has 4 aliphatic rings. The largest absolute Gasteiger partial charge is 0.506 e. The number of carbonyl (C=O) groups excluding carboxylic acids is 4. The van der Waals surface area contributed by atoms with Gasteiger partial charge in [0.1, 0.15) is 17.3 Å².